The van der Waals surface area contributed by atoms with Gasteiger partial charge in [-0.2, -0.15) is 0 Å². The maximum absolute atomic E-state index is 11.4. The Morgan fingerprint density at radius 1 is 1.40 bits per heavy atom. The third-order valence-electron chi connectivity index (χ3n) is 1.97. The molecule has 0 aromatic heterocycles. The predicted molar refractivity (Wildman–Crippen MR) is 45.7 cm³/mol. The zero-order valence-electron chi connectivity index (χ0n) is 7.18. The van der Waals surface area contributed by atoms with Crippen molar-refractivity contribution in [1.29, 1.82) is 4.78 Å². The van der Waals surface area contributed by atoms with Gasteiger partial charge < -0.3 is 0 Å². The maximum Gasteiger partial charge on any atom is 0.0467 e. The summed E-state index contributed by atoms with van der Waals surface area (Å²) in [6, 6.07) is 0. The summed E-state index contributed by atoms with van der Waals surface area (Å²) in [5.41, 5.74) is 0. The van der Waals surface area contributed by atoms with E-state index in [1.807, 2.05) is 27.7 Å². The molecule has 0 aliphatic rings. The molecule has 0 saturated heterocycles. The van der Waals surface area contributed by atoms with Gasteiger partial charge in [0.25, 0.3) is 0 Å². The molecule has 3 heteroatoms. The number of nitrogens with one attached hydrogen (secondary N) is 1. The smallest absolute Gasteiger partial charge is 0.0467 e. The van der Waals surface area contributed by atoms with E-state index in [1.54, 1.807) is 0 Å². The van der Waals surface area contributed by atoms with Gasteiger partial charge in [0.1, 0.15) is 0 Å². The largest absolute Gasteiger partial charge is 0.253 e. The molecule has 0 amide bonds. The van der Waals surface area contributed by atoms with Crippen LogP contribution in [-0.4, -0.2) is 15.2 Å². The van der Waals surface area contributed by atoms with Gasteiger partial charge in [0.2, 0.25) is 0 Å². The van der Waals surface area contributed by atoms with E-state index in [9.17, 15) is 4.21 Å². The summed E-state index contributed by atoms with van der Waals surface area (Å²) in [5, 5.41) is 0.0255. The lowest BCUT2D eigenvalue weighted by Crippen LogP contribution is -2.23. The molecule has 10 heavy (non-hydrogen) atoms. The van der Waals surface area contributed by atoms with Crippen LogP contribution in [0.25, 0.3) is 0 Å². The minimum Gasteiger partial charge on any atom is -0.253 e. The van der Waals surface area contributed by atoms with Gasteiger partial charge in [0, 0.05) is 20.7 Å². The minimum atomic E-state index is -2.30. The van der Waals surface area contributed by atoms with Gasteiger partial charge in [-0.05, 0) is 12.8 Å². The van der Waals surface area contributed by atoms with Crippen LogP contribution in [0.2, 0.25) is 0 Å². The monoisotopic (exact) mass is 163 g/mol. The van der Waals surface area contributed by atoms with E-state index in [-0.39, 0.29) is 5.25 Å². The summed E-state index contributed by atoms with van der Waals surface area (Å²) in [6.07, 6.45) is 0. The normalized spacial score (nSPS) is 20.5. The molecule has 0 aliphatic carbocycles. The molecule has 0 aromatic rings. The highest BCUT2D eigenvalue weighted by molar-refractivity contribution is 7.92. The molecular weight excluding hydrogens is 146 g/mol. The minimum absolute atomic E-state index is 0.0255. The molecule has 62 valence electrons. The van der Waals surface area contributed by atoms with Crippen molar-refractivity contribution in [1.82, 2.24) is 0 Å². The first-order valence-electron chi connectivity index (χ1n) is 3.67. The zero-order chi connectivity index (χ0) is 8.36. The van der Waals surface area contributed by atoms with Gasteiger partial charge in [-0.3, -0.25) is 4.78 Å². The topological polar surface area (TPSA) is 40.9 Å². The quantitative estimate of drug-likeness (QED) is 0.680. The van der Waals surface area contributed by atoms with Gasteiger partial charge in [0.15, 0.2) is 0 Å². The lowest BCUT2D eigenvalue weighted by Gasteiger charge is -2.17. The standard InChI is InChI=1S/C7H17NOS/c1-5-10(8,9)7(4)6(2)3/h6-8H,5H2,1-4H3/t7-,10-/m0/s1. The molecule has 2 nitrogen and oxygen atoms in total. The first kappa shape index (κ1) is 9.95. The van der Waals surface area contributed by atoms with Crippen LogP contribution in [0.3, 0.4) is 0 Å². The van der Waals surface area contributed by atoms with Crippen molar-refractivity contribution in [3.8, 4) is 0 Å². The molecule has 0 saturated carbocycles. The summed E-state index contributed by atoms with van der Waals surface area (Å²) >= 11 is 0. The maximum atomic E-state index is 11.4. The first-order chi connectivity index (χ1) is 4.41. The average molecular weight is 163 g/mol. The van der Waals surface area contributed by atoms with Gasteiger partial charge in [-0.15, -0.1) is 0 Å². The first-order valence-corrected chi connectivity index (χ1v) is 5.46. The Balaban J connectivity index is 4.35. The average Bonchev–Trinajstić information content (AvgIpc) is 1.86. The van der Waals surface area contributed by atoms with Gasteiger partial charge >= 0.3 is 0 Å². The Kier molecular flexibility index (Phi) is 3.36. The lowest BCUT2D eigenvalue weighted by molar-refractivity contribution is 0.598. The van der Waals surface area contributed by atoms with Crippen molar-refractivity contribution in [2.75, 3.05) is 5.75 Å². The van der Waals surface area contributed by atoms with E-state index in [4.69, 9.17) is 4.78 Å². The van der Waals surface area contributed by atoms with Crippen LogP contribution < -0.4 is 0 Å². The molecular formula is C7H17NOS. The molecule has 0 aliphatic heterocycles. The SMILES string of the molecule is CC[S@](=N)(=O)[C@@H](C)C(C)C. The van der Waals surface area contributed by atoms with Crippen LogP contribution >= 0.6 is 0 Å². The molecule has 0 spiro atoms. The lowest BCUT2D eigenvalue weighted by atomic mass is 10.2. The third-order valence-corrected chi connectivity index (χ3v) is 4.57. The fraction of sp³-hybridized carbons (Fsp3) is 1.00. The van der Waals surface area contributed by atoms with Crippen molar-refractivity contribution >= 4 is 9.73 Å². The molecule has 0 aromatic carbocycles. The van der Waals surface area contributed by atoms with E-state index < -0.39 is 9.73 Å². The summed E-state index contributed by atoms with van der Waals surface area (Å²) in [5.74, 6) is 0.830. The molecule has 0 fully saturated rings. The van der Waals surface area contributed by atoms with Crippen molar-refractivity contribution in [2.24, 2.45) is 5.92 Å². The van der Waals surface area contributed by atoms with E-state index in [1.165, 1.54) is 0 Å². The van der Waals surface area contributed by atoms with E-state index in [0.29, 0.717) is 11.7 Å². The van der Waals surface area contributed by atoms with E-state index >= 15 is 0 Å². The van der Waals surface area contributed by atoms with Gasteiger partial charge in [-0.25, -0.2) is 4.21 Å². The molecule has 0 rings (SSSR count). The highest BCUT2D eigenvalue weighted by Gasteiger charge is 2.17. The summed E-state index contributed by atoms with van der Waals surface area (Å²) in [4.78, 5) is 0. The van der Waals surface area contributed by atoms with Gasteiger partial charge in [-0.1, -0.05) is 20.8 Å². The highest BCUT2D eigenvalue weighted by atomic mass is 32.2. The third kappa shape index (κ3) is 2.29. The highest BCUT2D eigenvalue weighted by Crippen LogP contribution is 2.12. The summed E-state index contributed by atoms with van der Waals surface area (Å²) in [6.45, 7) is 7.72. The Morgan fingerprint density at radius 2 is 1.80 bits per heavy atom. The Morgan fingerprint density at radius 3 is 1.90 bits per heavy atom. The summed E-state index contributed by atoms with van der Waals surface area (Å²) < 4.78 is 18.8. The van der Waals surface area contributed by atoms with E-state index in [2.05, 4.69) is 0 Å². The summed E-state index contributed by atoms with van der Waals surface area (Å²) in [7, 11) is -2.30. The van der Waals surface area contributed by atoms with Crippen LogP contribution in [-0.2, 0) is 9.73 Å². The molecule has 2 atom stereocenters. The number of hydrogen-bond donors (Lipinski definition) is 1. The fourth-order valence-electron chi connectivity index (χ4n) is 0.703. The van der Waals surface area contributed by atoms with Crippen molar-refractivity contribution < 1.29 is 4.21 Å². The van der Waals surface area contributed by atoms with Crippen LogP contribution in [0.4, 0.5) is 0 Å². The van der Waals surface area contributed by atoms with Crippen LogP contribution in [0.5, 0.6) is 0 Å². The number of rotatable bonds is 3. The Labute approximate surface area is 64.0 Å². The van der Waals surface area contributed by atoms with Crippen LogP contribution in [0, 0.1) is 10.7 Å². The second-order valence-corrected chi connectivity index (χ2v) is 5.74. The molecule has 0 unspecified atom stereocenters. The Hall–Kier alpha value is -0.0500. The number of hydrogen-bond acceptors (Lipinski definition) is 2. The van der Waals surface area contributed by atoms with Crippen molar-refractivity contribution in [2.45, 2.75) is 32.9 Å². The second kappa shape index (κ2) is 3.37. The zero-order valence-corrected chi connectivity index (χ0v) is 7.99. The van der Waals surface area contributed by atoms with Gasteiger partial charge in [0.05, 0.1) is 0 Å². The van der Waals surface area contributed by atoms with Crippen LogP contribution in [0.15, 0.2) is 0 Å². The Bertz CT molecular complexity index is 182. The molecule has 0 bridgehead atoms. The molecule has 1 N–H and O–H groups in total. The predicted octanol–water partition coefficient (Wildman–Crippen LogP) is 2.10. The van der Waals surface area contributed by atoms with Crippen molar-refractivity contribution in [3.05, 3.63) is 0 Å². The van der Waals surface area contributed by atoms with E-state index in [0.717, 1.165) is 0 Å². The molecule has 0 heterocycles. The van der Waals surface area contributed by atoms with Crippen molar-refractivity contribution in [3.63, 3.8) is 0 Å². The second-order valence-electron chi connectivity index (χ2n) is 2.96. The fourth-order valence-corrected chi connectivity index (χ4v) is 2.11. The van der Waals surface area contributed by atoms with Crippen LogP contribution in [0.1, 0.15) is 27.7 Å². The molecule has 0 radical (unpaired) electrons.